The molecule has 0 saturated carbocycles. The van der Waals surface area contributed by atoms with Crippen LogP contribution in [0, 0.1) is 0 Å². The molecule has 0 amide bonds. The summed E-state index contributed by atoms with van der Waals surface area (Å²) in [6.07, 6.45) is 6.56. The quantitative estimate of drug-likeness (QED) is 0.333. The minimum Gasteiger partial charge on any atom is -0.370 e. The number of nitrogens with one attached hydrogen (secondary N) is 1. The molecule has 2 aromatic carbocycles. The van der Waals surface area contributed by atoms with Gasteiger partial charge in [-0.2, -0.15) is 0 Å². The van der Waals surface area contributed by atoms with E-state index in [1.807, 2.05) is 18.6 Å². The zero-order chi connectivity index (χ0) is 20.6. The summed E-state index contributed by atoms with van der Waals surface area (Å²) in [5.41, 5.74) is 10.8. The average Bonchev–Trinajstić information content (AvgIpc) is 3.48. The van der Waals surface area contributed by atoms with Crippen molar-refractivity contribution in [3.05, 3.63) is 101 Å². The Bertz CT molecular complexity index is 1070. The highest BCUT2D eigenvalue weighted by Gasteiger charge is 2.05. The highest BCUT2D eigenvalue weighted by molar-refractivity contribution is 7.09. The molecule has 0 unspecified atom stereocenters. The van der Waals surface area contributed by atoms with Crippen LogP contribution >= 0.6 is 11.3 Å². The van der Waals surface area contributed by atoms with Crippen LogP contribution in [0.2, 0.25) is 0 Å². The molecule has 0 radical (unpaired) electrons. The summed E-state index contributed by atoms with van der Waals surface area (Å²) in [7, 11) is 0. The lowest BCUT2D eigenvalue weighted by Gasteiger charge is -2.10. The standard InChI is InChI=1S/C24H25N5S/c25-24(27-12-11-22-5-3-15-30-22)28-16-21-4-1-2-6-23(21)20-9-7-19(8-10-20)17-29-14-13-26-18-29/h1-10,13-15,18H,11-12,16-17H2,(H3,25,27,28). The van der Waals surface area contributed by atoms with E-state index in [0.717, 1.165) is 25.1 Å². The molecule has 0 atom stereocenters. The molecule has 30 heavy (non-hydrogen) atoms. The molecule has 152 valence electrons. The smallest absolute Gasteiger partial charge is 0.188 e. The second-order valence-corrected chi connectivity index (χ2v) is 8.08. The third kappa shape index (κ3) is 5.36. The second kappa shape index (κ2) is 9.89. The Morgan fingerprint density at radius 1 is 1.07 bits per heavy atom. The van der Waals surface area contributed by atoms with Crippen molar-refractivity contribution in [1.82, 2.24) is 14.9 Å². The third-order valence-corrected chi connectivity index (χ3v) is 5.82. The average molecular weight is 416 g/mol. The normalized spacial score (nSPS) is 11.5. The van der Waals surface area contributed by atoms with Crippen molar-refractivity contribution in [1.29, 1.82) is 0 Å². The molecule has 0 aliphatic heterocycles. The topological polar surface area (TPSA) is 68.2 Å². The Morgan fingerprint density at radius 3 is 2.70 bits per heavy atom. The van der Waals surface area contributed by atoms with Gasteiger partial charge in [-0.1, -0.05) is 54.6 Å². The van der Waals surface area contributed by atoms with E-state index in [-0.39, 0.29) is 0 Å². The van der Waals surface area contributed by atoms with Crippen LogP contribution in [-0.4, -0.2) is 22.1 Å². The number of benzene rings is 2. The summed E-state index contributed by atoms with van der Waals surface area (Å²) >= 11 is 1.76. The summed E-state index contributed by atoms with van der Waals surface area (Å²) in [4.78, 5) is 9.98. The van der Waals surface area contributed by atoms with Gasteiger partial charge in [0.25, 0.3) is 0 Å². The fourth-order valence-electron chi connectivity index (χ4n) is 3.32. The van der Waals surface area contributed by atoms with Crippen LogP contribution in [0.25, 0.3) is 11.1 Å². The molecule has 6 heteroatoms. The van der Waals surface area contributed by atoms with Gasteiger partial charge in [0.2, 0.25) is 0 Å². The first-order chi connectivity index (χ1) is 14.8. The first-order valence-electron chi connectivity index (χ1n) is 9.97. The summed E-state index contributed by atoms with van der Waals surface area (Å²) in [6.45, 7) is 2.15. The van der Waals surface area contributed by atoms with Crippen LogP contribution in [-0.2, 0) is 19.5 Å². The summed E-state index contributed by atoms with van der Waals surface area (Å²) in [5.74, 6) is 0.483. The monoisotopic (exact) mass is 415 g/mol. The van der Waals surface area contributed by atoms with Crippen LogP contribution in [0.5, 0.6) is 0 Å². The fraction of sp³-hybridized carbons (Fsp3) is 0.167. The van der Waals surface area contributed by atoms with Gasteiger partial charge in [0.05, 0.1) is 12.9 Å². The molecule has 0 spiro atoms. The van der Waals surface area contributed by atoms with Crippen molar-refractivity contribution in [3.8, 4) is 11.1 Å². The molecule has 0 aliphatic rings. The Kier molecular flexibility index (Phi) is 6.57. The molecule has 3 N–H and O–H groups in total. The van der Waals surface area contributed by atoms with Crippen molar-refractivity contribution in [2.24, 2.45) is 10.7 Å². The molecule has 4 aromatic rings. The van der Waals surface area contributed by atoms with Gasteiger partial charge in [-0.15, -0.1) is 11.3 Å². The van der Waals surface area contributed by atoms with Crippen molar-refractivity contribution < 1.29 is 0 Å². The minimum atomic E-state index is 0.483. The second-order valence-electron chi connectivity index (χ2n) is 7.05. The Labute approximate surface area is 180 Å². The maximum absolute atomic E-state index is 6.07. The number of nitrogens with zero attached hydrogens (tertiary/aromatic N) is 3. The van der Waals surface area contributed by atoms with Gasteiger partial charge in [0.1, 0.15) is 0 Å². The van der Waals surface area contributed by atoms with E-state index in [9.17, 15) is 0 Å². The first-order valence-corrected chi connectivity index (χ1v) is 10.8. The van der Waals surface area contributed by atoms with E-state index in [4.69, 9.17) is 5.73 Å². The van der Waals surface area contributed by atoms with Gasteiger partial charge in [-0.3, -0.25) is 0 Å². The number of nitrogens with two attached hydrogens (primary N) is 1. The van der Waals surface area contributed by atoms with Gasteiger partial charge >= 0.3 is 0 Å². The number of rotatable bonds is 8. The number of hydrogen-bond acceptors (Lipinski definition) is 3. The lowest BCUT2D eigenvalue weighted by molar-refractivity contribution is 0.797. The molecule has 5 nitrogen and oxygen atoms in total. The third-order valence-electron chi connectivity index (χ3n) is 4.88. The van der Waals surface area contributed by atoms with Crippen LogP contribution in [0.4, 0.5) is 0 Å². The molecule has 2 heterocycles. The van der Waals surface area contributed by atoms with E-state index in [1.54, 1.807) is 17.5 Å². The van der Waals surface area contributed by atoms with E-state index < -0.39 is 0 Å². The predicted molar refractivity (Wildman–Crippen MR) is 125 cm³/mol. The Hall–Kier alpha value is -3.38. The lowest BCUT2D eigenvalue weighted by atomic mass is 9.98. The highest BCUT2D eigenvalue weighted by Crippen LogP contribution is 2.25. The number of imidazole rings is 1. The molecule has 0 aliphatic carbocycles. The summed E-state index contributed by atoms with van der Waals surface area (Å²) in [5, 5.41) is 5.30. The molecule has 0 fully saturated rings. The van der Waals surface area contributed by atoms with Gasteiger partial charge in [-0.25, -0.2) is 9.98 Å². The number of aromatic nitrogens is 2. The van der Waals surface area contributed by atoms with Gasteiger partial charge < -0.3 is 15.6 Å². The van der Waals surface area contributed by atoms with Crippen molar-refractivity contribution in [2.45, 2.75) is 19.5 Å². The van der Waals surface area contributed by atoms with Crippen LogP contribution in [0.15, 0.2) is 89.8 Å². The summed E-state index contributed by atoms with van der Waals surface area (Å²) in [6, 6.07) is 21.2. The van der Waals surface area contributed by atoms with Crippen molar-refractivity contribution in [3.63, 3.8) is 0 Å². The number of hydrogen-bond donors (Lipinski definition) is 2. The Balaban J connectivity index is 1.39. The van der Waals surface area contributed by atoms with Crippen molar-refractivity contribution in [2.75, 3.05) is 6.54 Å². The highest BCUT2D eigenvalue weighted by atomic mass is 32.1. The van der Waals surface area contributed by atoms with Crippen LogP contribution in [0.1, 0.15) is 16.0 Å². The molecule has 2 aromatic heterocycles. The number of aliphatic imine (C=N–C) groups is 1. The first kappa shape index (κ1) is 19.9. The molecule has 0 bridgehead atoms. The molecular weight excluding hydrogens is 390 g/mol. The largest absolute Gasteiger partial charge is 0.370 e. The minimum absolute atomic E-state index is 0.483. The maximum atomic E-state index is 6.07. The van der Waals surface area contributed by atoms with Gasteiger partial charge in [-0.05, 0) is 40.1 Å². The zero-order valence-corrected chi connectivity index (χ0v) is 17.6. The number of thiophene rings is 1. The predicted octanol–water partition coefficient (Wildman–Crippen LogP) is 4.31. The molecular formula is C24H25N5S. The zero-order valence-electron chi connectivity index (χ0n) is 16.7. The van der Waals surface area contributed by atoms with E-state index in [0.29, 0.717) is 12.5 Å². The summed E-state index contributed by atoms with van der Waals surface area (Å²) < 4.78 is 2.06. The number of guanidine groups is 1. The van der Waals surface area contributed by atoms with Gasteiger partial charge in [0, 0.05) is 30.4 Å². The van der Waals surface area contributed by atoms with Crippen molar-refractivity contribution >= 4 is 17.3 Å². The SMILES string of the molecule is NC(=NCc1ccccc1-c1ccc(Cn2ccnc2)cc1)NCCc1cccs1. The van der Waals surface area contributed by atoms with Crippen LogP contribution in [0.3, 0.4) is 0 Å². The molecule has 4 rings (SSSR count). The van der Waals surface area contributed by atoms with E-state index in [1.165, 1.54) is 21.6 Å². The Morgan fingerprint density at radius 2 is 1.93 bits per heavy atom. The van der Waals surface area contributed by atoms with E-state index >= 15 is 0 Å². The maximum Gasteiger partial charge on any atom is 0.188 e. The molecule has 0 saturated heterocycles. The fourth-order valence-corrected chi connectivity index (χ4v) is 4.02. The lowest BCUT2D eigenvalue weighted by Crippen LogP contribution is -2.33. The van der Waals surface area contributed by atoms with Crippen LogP contribution < -0.4 is 11.1 Å². The van der Waals surface area contributed by atoms with E-state index in [2.05, 4.69) is 79.8 Å². The van der Waals surface area contributed by atoms with Gasteiger partial charge in [0.15, 0.2) is 5.96 Å².